The molecule has 0 saturated heterocycles. The lowest BCUT2D eigenvalue weighted by Crippen LogP contribution is -1.98. The summed E-state index contributed by atoms with van der Waals surface area (Å²) in [6.07, 6.45) is 0. The fraction of sp³-hybridized carbons (Fsp3) is 0.0769. The number of nitrogens with zero attached hydrogens (tertiary/aromatic N) is 1. The summed E-state index contributed by atoms with van der Waals surface area (Å²) >= 11 is 1.89. The van der Waals surface area contributed by atoms with Gasteiger partial charge in [-0.05, 0) is 53.3 Å². The number of hydrogen-bond donors (Lipinski definition) is 1. The molecule has 98 valence electrons. The van der Waals surface area contributed by atoms with Crippen LogP contribution in [0.1, 0.15) is 5.56 Å². The maximum atomic E-state index is 13.7. The Morgan fingerprint density at radius 1 is 1.32 bits per heavy atom. The molecule has 0 aliphatic carbocycles. The Morgan fingerprint density at radius 3 is 2.63 bits per heavy atom. The zero-order chi connectivity index (χ0) is 14.0. The fourth-order valence-electron chi connectivity index (χ4n) is 1.67. The number of para-hydroxylation sites is 1. The van der Waals surface area contributed by atoms with Gasteiger partial charge in [0.05, 0.1) is 14.2 Å². The Labute approximate surface area is 122 Å². The second-order valence-corrected chi connectivity index (χ2v) is 5.14. The van der Waals surface area contributed by atoms with Crippen LogP contribution in [-0.4, -0.2) is 4.92 Å². The lowest BCUT2D eigenvalue weighted by molar-refractivity contribution is -0.385. The van der Waals surface area contributed by atoms with E-state index < -0.39 is 4.92 Å². The average Bonchev–Trinajstić information content (AvgIpc) is 2.33. The lowest BCUT2D eigenvalue weighted by Gasteiger charge is -2.10. The van der Waals surface area contributed by atoms with Crippen LogP contribution in [0, 0.1) is 26.4 Å². The summed E-state index contributed by atoms with van der Waals surface area (Å²) in [5, 5.41) is 13.7. The van der Waals surface area contributed by atoms with Gasteiger partial charge in [0.25, 0.3) is 5.69 Å². The number of rotatable bonds is 3. The average molecular weight is 372 g/mol. The van der Waals surface area contributed by atoms with Crippen molar-refractivity contribution < 1.29 is 9.31 Å². The van der Waals surface area contributed by atoms with Gasteiger partial charge in [-0.2, -0.15) is 0 Å². The van der Waals surface area contributed by atoms with Gasteiger partial charge in [0, 0.05) is 11.8 Å². The molecule has 2 rings (SSSR count). The standard InChI is InChI=1S/C13H10FIN2O2/c1-8-3-2-4-10(14)13(8)16-9-5-6-12(17(18)19)11(15)7-9/h2-7,16H,1H3. The fourth-order valence-corrected chi connectivity index (χ4v) is 2.38. The maximum Gasteiger partial charge on any atom is 0.282 e. The van der Waals surface area contributed by atoms with E-state index in [9.17, 15) is 14.5 Å². The van der Waals surface area contributed by atoms with Crippen LogP contribution in [0.3, 0.4) is 0 Å². The van der Waals surface area contributed by atoms with Gasteiger partial charge in [-0.15, -0.1) is 0 Å². The summed E-state index contributed by atoms with van der Waals surface area (Å²) in [6.45, 7) is 1.79. The van der Waals surface area contributed by atoms with E-state index in [4.69, 9.17) is 0 Å². The summed E-state index contributed by atoms with van der Waals surface area (Å²) in [5.41, 5.74) is 1.81. The van der Waals surface area contributed by atoms with Gasteiger partial charge in [0.15, 0.2) is 0 Å². The van der Waals surface area contributed by atoms with Crippen molar-refractivity contribution in [3.05, 3.63) is 61.5 Å². The second-order valence-electron chi connectivity index (χ2n) is 3.98. The molecule has 0 unspecified atom stereocenters. The molecule has 0 saturated carbocycles. The Kier molecular flexibility index (Phi) is 3.98. The van der Waals surface area contributed by atoms with Crippen LogP contribution >= 0.6 is 22.6 Å². The van der Waals surface area contributed by atoms with Gasteiger partial charge in [-0.1, -0.05) is 12.1 Å². The first kappa shape index (κ1) is 13.7. The van der Waals surface area contributed by atoms with E-state index >= 15 is 0 Å². The monoisotopic (exact) mass is 372 g/mol. The third-order valence-electron chi connectivity index (χ3n) is 2.64. The van der Waals surface area contributed by atoms with Crippen LogP contribution in [-0.2, 0) is 0 Å². The minimum Gasteiger partial charge on any atom is -0.353 e. The predicted octanol–water partition coefficient (Wildman–Crippen LogP) is 4.39. The molecule has 2 aromatic carbocycles. The Morgan fingerprint density at radius 2 is 2.05 bits per heavy atom. The maximum absolute atomic E-state index is 13.7. The second kappa shape index (κ2) is 5.52. The number of nitrogens with one attached hydrogen (secondary N) is 1. The molecule has 2 aromatic rings. The Bertz CT molecular complexity index is 626. The molecule has 1 N–H and O–H groups in total. The van der Waals surface area contributed by atoms with Crippen molar-refractivity contribution in [3.8, 4) is 0 Å². The largest absolute Gasteiger partial charge is 0.353 e. The molecule has 0 aliphatic heterocycles. The van der Waals surface area contributed by atoms with E-state index in [0.717, 1.165) is 5.56 Å². The molecule has 0 amide bonds. The van der Waals surface area contributed by atoms with Crippen LogP contribution in [0.4, 0.5) is 21.5 Å². The van der Waals surface area contributed by atoms with Crippen LogP contribution in [0.15, 0.2) is 36.4 Å². The normalized spacial score (nSPS) is 10.3. The zero-order valence-electron chi connectivity index (χ0n) is 9.98. The minimum atomic E-state index is -0.445. The highest BCUT2D eigenvalue weighted by atomic mass is 127. The molecule has 6 heteroatoms. The Balaban J connectivity index is 2.34. The zero-order valence-corrected chi connectivity index (χ0v) is 12.1. The van der Waals surface area contributed by atoms with Crippen molar-refractivity contribution in [1.82, 2.24) is 0 Å². The third-order valence-corrected chi connectivity index (χ3v) is 3.50. The first-order chi connectivity index (χ1) is 8.99. The summed E-state index contributed by atoms with van der Waals surface area (Å²) in [6, 6.07) is 9.37. The van der Waals surface area contributed by atoms with Crippen LogP contribution in [0.5, 0.6) is 0 Å². The number of nitro benzene ring substituents is 1. The van der Waals surface area contributed by atoms with E-state index in [2.05, 4.69) is 5.32 Å². The lowest BCUT2D eigenvalue weighted by atomic mass is 10.2. The van der Waals surface area contributed by atoms with Crippen molar-refractivity contribution in [2.45, 2.75) is 6.92 Å². The summed E-state index contributed by atoms with van der Waals surface area (Å²) in [7, 11) is 0. The molecular weight excluding hydrogens is 362 g/mol. The van der Waals surface area contributed by atoms with E-state index in [0.29, 0.717) is 14.9 Å². The number of hydrogen-bond acceptors (Lipinski definition) is 3. The van der Waals surface area contributed by atoms with Gasteiger partial charge >= 0.3 is 0 Å². The molecule has 19 heavy (non-hydrogen) atoms. The molecule has 4 nitrogen and oxygen atoms in total. The van der Waals surface area contributed by atoms with Crippen LogP contribution in [0.2, 0.25) is 0 Å². The van der Waals surface area contributed by atoms with E-state index in [1.165, 1.54) is 12.1 Å². The van der Waals surface area contributed by atoms with Crippen molar-refractivity contribution in [3.63, 3.8) is 0 Å². The molecule has 0 aliphatic rings. The van der Waals surface area contributed by atoms with Crippen molar-refractivity contribution in [1.29, 1.82) is 0 Å². The number of aryl methyl sites for hydroxylation is 1. The van der Waals surface area contributed by atoms with Gasteiger partial charge in [-0.25, -0.2) is 4.39 Å². The molecule has 0 bridgehead atoms. The van der Waals surface area contributed by atoms with Gasteiger partial charge in [0.2, 0.25) is 0 Å². The molecule has 0 heterocycles. The predicted molar refractivity (Wildman–Crippen MR) is 80.2 cm³/mol. The highest BCUT2D eigenvalue weighted by Gasteiger charge is 2.12. The molecule has 0 spiro atoms. The minimum absolute atomic E-state index is 0.0383. The first-order valence-electron chi connectivity index (χ1n) is 5.45. The van der Waals surface area contributed by atoms with E-state index in [1.54, 1.807) is 31.2 Å². The summed E-state index contributed by atoms with van der Waals surface area (Å²) in [4.78, 5) is 10.3. The van der Waals surface area contributed by atoms with Crippen LogP contribution < -0.4 is 5.32 Å². The third kappa shape index (κ3) is 3.01. The SMILES string of the molecule is Cc1cccc(F)c1Nc1ccc([N+](=O)[O-])c(I)c1. The molecule has 0 fully saturated rings. The number of nitro groups is 1. The first-order valence-corrected chi connectivity index (χ1v) is 6.53. The van der Waals surface area contributed by atoms with Crippen LogP contribution in [0.25, 0.3) is 0 Å². The number of anilines is 2. The molecule has 0 radical (unpaired) electrons. The Hall–Kier alpha value is -1.70. The quantitative estimate of drug-likeness (QED) is 0.494. The van der Waals surface area contributed by atoms with Crippen molar-refractivity contribution in [2.24, 2.45) is 0 Å². The van der Waals surface area contributed by atoms with E-state index in [1.807, 2.05) is 22.6 Å². The van der Waals surface area contributed by atoms with E-state index in [-0.39, 0.29) is 11.5 Å². The topological polar surface area (TPSA) is 55.2 Å². The highest BCUT2D eigenvalue weighted by molar-refractivity contribution is 14.1. The van der Waals surface area contributed by atoms with Gasteiger partial charge < -0.3 is 5.32 Å². The van der Waals surface area contributed by atoms with Gasteiger partial charge in [-0.3, -0.25) is 10.1 Å². The van der Waals surface area contributed by atoms with Gasteiger partial charge in [0.1, 0.15) is 5.82 Å². The van der Waals surface area contributed by atoms with Crippen molar-refractivity contribution in [2.75, 3.05) is 5.32 Å². The molecule has 0 atom stereocenters. The summed E-state index contributed by atoms with van der Waals surface area (Å²) < 4.78 is 14.2. The van der Waals surface area contributed by atoms with Crippen molar-refractivity contribution >= 4 is 39.7 Å². The molecular formula is C13H10FIN2O2. The highest BCUT2D eigenvalue weighted by Crippen LogP contribution is 2.28. The smallest absolute Gasteiger partial charge is 0.282 e. The molecule has 0 aromatic heterocycles. The summed E-state index contributed by atoms with van der Waals surface area (Å²) in [5.74, 6) is -0.353. The number of halogens is 2. The number of benzene rings is 2.